The summed E-state index contributed by atoms with van der Waals surface area (Å²) in [6, 6.07) is 24.7. The summed E-state index contributed by atoms with van der Waals surface area (Å²) in [6.45, 7) is -0.201. The van der Waals surface area contributed by atoms with E-state index in [2.05, 4.69) is 10.7 Å². The molecule has 1 saturated heterocycles. The lowest BCUT2D eigenvalue weighted by Crippen LogP contribution is -2.44. The Hall–Kier alpha value is -3.95. The first-order valence-electron chi connectivity index (χ1n) is 10.2. The summed E-state index contributed by atoms with van der Waals surface area (Å²) in [5.74, 6) is -0.762. The van der Waals surface area contributed by atoms with Crippen LogP contribution < -0.4 is 15.5 Å². The van der Waals surface area contributed by atoms with Gasteiger partial charge in [-0.2, -0.15) is 5.01 Å². The van der Waals surface area contributed by atoms with E-state index >= 15 is 0 Å². The van der Waals surface area contributed by atoms with Gasteiger partial charge in [0.05, 0.1) is 4.91 Å². The van der Waals surface area contributed by atoms with Crippen molar-refractivity contribution < 1.29 is 19.1 Å². The molecule has 0 radical (unpaired) electrons. The van der Waals surface area contributed by atoms with Crippen LogP contribution in [0.1, 0.15) is 15.9 Å². The highest BCUT2D eigenvalue weighted by Gasteiger charge is 2.34. The van der Waals surface area contributed by atoms with Crippen LogP contribution in [-0.4, -0.2) is 33.7 Å². The van der Waals surface area contributed by atoms with Crippen LogP contribution in [0.2, 0.25) is 0 Å². The summed E-state index contributed by atoms with van der Waals surface area (Å²) in [5, 5.41) is 3.81. The highest BCUT2D eigenvalue weighted by molar-refractivity contribution is 8.26. The Labute approximate surface area is 205 Å². The van der Waals surface area contributed by atoms with E-state index in [4.69, 9.17) is 17.0 Å². The fourth-order valence-electron chi connectivity index (χ4n) is 3.05. The lowest BCUT2D eigenvalue weighted by Gasteiger charge is -2.15. The topological polar surface area (TPSA) is 87.7 Å². The number of carbonyl (C=O) groups is 3. The average molecular weight is 490 g/mol. The number of hydrogen-bond acceptors (Lipinski definition) is 6. The number of para-hydroxylation sites is 2. The predicted octanol–water partition coefficient (Wildman–Crippen LogP) is 4.25. The minimum Gasteiger partial charge on any atom is -0.483 e. The summed E-state index contributed by atoms with van der Waals surface area (Å²) in [4.78, 5) is 37.9. The summed E-state index contributed by atoms with van der Waals surface area (Å²) in [5.41, 5.74) is 4.23. The van der Waals surface area contributed by atoms with Gasteiger partial charge in [-0.15, -0.1) is 0 Å². The standard InChI is InChI=1S/C25H19N3O4S2/c29-22(26-19-12-5-2-6-13-19)16-32-20-14-8-7-11-18(20)15-21-24(31)28(25(33)34-21)27-23(30)17-9-3-1-4-10-17/h1-15H,16H2,(H,26,29)(H,27,30)/b21-15+. The number of benzene rings is 3. The molecule has 170 valence electrons. The summed E-state index contributed by atoms with van der Waals surface area (Å²) >= 11 is 6.36. The van der Waals surface area contributed by atoms with Crippen LogP contribution in [0.15, 0.2) is 89.8 Å². The third kappa shape index (κ3) is 5.69. The molecule has 0 aromatic heterocycles. The van der Waals surface area contributed by atoms with Crippen molar-refractivity contribution >= 4 is 57.8 Å². The third-order valence-corrected chi connectivity index (χ3v) is 5.97. The second kappa shape index (κ2) is 10.8. The number of rotatable bonds is 7. The molecule has 1 fully saturated rings. The van der Waals surface area contributed by atoms with Crippen molar-refractivity contribution in [2.75, 3.05) is 11.9 Å². The zero-order valence-electron chi connectivity index (χ0n) is 17.8. The number of nitrogens with one attached hydrogen (secondary N) is 2. The SMILES string of the molecule is O=C(COc1ccccc1/C=C1/SC(=S)N(NC(=O)c2ccccc2)C1=O)Nc1ccccc1. The van der Waals surface area contributed by atoms with Crippen LogP contribution in [-0.2, 0) is 9.59 Å². The van der Waals surface area contributed by atoms with Crippen molar-refractivity contribution in [3.05, 3.63) is 101 Å². The molecule has 9 heteroatoms. The molecule has 0 aliphatic carbocycles. The van der Waals surface area contributed by atoms with E-state index in [1.165, 1.54) is 0 Å². The number of carbonyl (C=O) groups excluding carboxylic acids is 3. The van der Waals surface area contributed by atoms with Gasteiger partial charge in [0.1, 0.15) is 5.75 Å². The molecule has 1 aliphatic heterocycles. The zero-order valence-corrected chi connectivity index (χ0v) is 19.4. The number of hydrogen-bond donors (Lipinski definition) is 2. The van der Waals surface area contributed by atoms with E-state index in [1.807, 2.05) is 18.2 Å². The molecule has 7 nitrogen and oxygen atoms in total. The Bertz CT molecular complexity index is 1260. The minimum absolute atomic E-state index is 0.201. The smallest absolute Gasteiger partial charge is 0.285 e. The lowest BCUT2D eigenvalue weighted by molar-refractivity contribution is -0.123. The molecule has 3 aromatic rings. The normalized spacial score (nSPS) is 14.2. The Morgan fingerprint density at radius 1 is 0.941 bits per heavy atom. The van der Waals surface area contributed by atoms with Crippen molar-refractivity contribution in [2.24, 2.45) is 0 Å². The Kier molecular flexibility index (Phi) is 7.36. The number of amides is 3. The summed E-state index contributed by atoms with van der Waals surface area (Å²) < 4.78 is 5.91. The Morgan fingerprint density at radius 2 is 1.59 bits per heavy atom. The molecule has 0 bridgehead atoms. The lowest BCUT2D eigenvalue weighted by atomic mass is 10.2. The molecule has 34 heavy (non-hydrogen) atoms. The fourth-order valence-corrected chi connectivity index (χ4v) is 4.22. The van der Waals surface area contributed by atoms with E-state index in [1.54, 1.807) is 72.8 Å². The maximum absolute atomic E-state index is 12.9. The molecule has 3 aromatic carbocycles. The molecule has 2 N–H and O–H groups in total. The van der Waals surface area contributed by atoms with Crippen LogP contribution in [0.3, 0.4) is 0 Å². The molecule has 0 saturated carbocycles. The number of thioether (sulfide) groups is 1. The van der Waals surface area contributed by atoms with E-state index < -0.39 is 11.8 Å². The van der Waals surface area contributed by atoms with E-state index in [-0.39, 0.29) is 16.8 Å². The van der Waals surface area contributed by atoms with Crippen LogP contribution in [0.5, 0.6) is 5.75 Å². The number of anilines is 1. The minimum atomic E-state index is -0.448. The van der Waals surface area contributed by atoms with Gasteiger partial charge in [0.2, 0.25) is 0 Å². The van der Waals surface area contributed by atoms with Gasteiger partial charge in [-0.3, -0.25) is 19.8 Å². The van der Waals surface area contributed by atoms with Gasteiger partial charge in [0.25, 0.3) is 17.7 Å². The number of ether oxygens (including phenoxy) is 1. The molecular formula is C25H19N3O4S2. The number of thiocarbonyl (C=S) groups is 1. The van der Waals surface area contributed by atoms with Crippen molar-refractivity contribution in [1.82, 2.24) is 10.4 Å². The Morgan fingerprint density at radius 3 is 2.32 bits per heavy atom. The van der Waals surface area contributed by atoms with Crippen LogP contribution in [0, 0.1) is 0 Å². The average Bonchev–Trinajstić information content (AvgIpc) is 3.12. The first kappa shape index (κ1) is 23.2. The van der Waals surface area contributed by atoms with Gasteiger partial charge in [0.15, 0.2) is 10.9 Å². The molecule has 0 atom stereocenters. The molecule has 1 aliphatic rings. The molecule has 3 amide bonds. The highest BCUT2D eigenvalue weighted by atomic mass is 32.2. The van der Waals surface area contributed by atoms with Crippen molar-refractivity contribution in [2.45, 2.75) is 0 Å². The van der Waals surface area contributed by atoms with Crippen LogP contribution in [0.25, 0.3) is 6.08 Å². The maximum atomic E-state index is 12.9. The molecule has 0 spiro atoms. The molecule has 1 heterocycles. The summed E-state index contributed by atoms with van der Waals surface area (Å²) in [6.07, 6.45) is 1.62. The van der Waals surface area contributed by atoms with Crippen LogP contribution in [0.4, 0.5) is 5.69 Å². The zero-order chi connectivity index (χ0) is 23.9. The molecule has 0 unspecified atom stereocenters. The van der Waals surface area contributed by atoms with Gasteiger partial charge in [-0.1, -0.05) is 66.4 Å². The molecule has 4 rings (SSSR count). The second-order valence-corrected chi connectivity index (χ2v) is 8.74. The van der Waals surface area contributed by atoms with Gasteiger partial charge in [0, 0.05) is 16.8 Å². The third-order valence-electron chi connectivity index (χ3n) is 4.66. The largest absolute Gasteiger partial charge is 0.483 e. The predicted molar refractivity (Wildman–Crippen MR) is 136 cm³/mol. The van der Waals surface area contributed by atoms with Crippen LogP contribution >= 0.6 is 24.0 Å². The van der Waals surface area contributed by atoms with Crippen molar-refractivity contribution in [1.29, 1.82) is 0 Å². The van der Waals surface area contributed by atoms with E-state index in [0.717, 1.165) is 16.8 Å². The Balaban J connectivity index is 1.43. The number of nitrogens with zero attached hydrogens (tertiary/aromatic N) is 1. The van der Waals surface area contributed by atoms with Gasteiger partial charge in [-0.05, 0) is 48.6 Å². The van der Waals surface area contributed by atoms with Gasteiger partial charge < -0.3 is 10.1 Å². The van der Waals surface area contributed by atoms with Gasteiger partial charge in [-0.25, -0.2) is 0 Å². The summed E-state index contributed by atoms with van der Waals surface area (Å²) in [7, 11) is 0. The first-order valence-corrected chi connectivity index (χ1v) is 11.4. The second-order valence-electron chi connectivity index (χ2n) is 7.06. The highest BCUT2D eigenvalue weighted by Crippen LogP contribution is 2.33. The molecular weight excluding hydrogens is 470 g/mol. The fraction of sp³-hybridized carbons (Fsp3) is 0.0400. The first-order chi connectivity index (χ1) is 16.5. The van der Waals surface area contributed by atoms with Gasteiger partial charge >= 0.3 is 0 Å². The van der Waals surface area contributed by atoms with Crippen molar-refractivity contribution in [3.8, 4) is 5.75 Å². The number of hydrazine groups is 1. The van der Waals surface area contributed by atoms with E-state index in [0.29, 0.717) is 27.5 Å². The van der Waals surface area contributed by atoms with E-state index in [9.17, 15) is 14.4 Å². The monoisotopic (exact) mass is 489 g/mol. The maximum Gasteiger partial charge on any atom is 0.285 e. The van der Waals surface area contributed by atoms with Crippen molar-refractivity contribution in [3.63, 3.8) is 0 Å². The quantitative estimate of drug-likeness (QED) is 0.381.